The van der Waals surface area contributed by atoms with Crippen molar-refractivity contribution in [1.82, 2.24) is 10.2 Å². The van der Waals surface area contributed by atoms with Crippen LogP contribution in [0.25, 0.3) is 0 Å². The molecule has 2 amide bonds. The van der Waals surface area contributed by atoms with E-state index in [1.807, 2.05) is 18.2 Å². The molecular formula is C19H28N2O4. The normalized spacial score (nSPS) is 16.4. The standard InChI is InChI=1S/C19H28N2O4/c1-15(22)21-10-8-16-6-3-4-7-17(16)18(21)14-19(23)20-9-5-11-25-13-12-24-2/h3-4,6-7,18H,5,8-14H2,1-2H3,(H,20,23). The number of nitrogens with zero attached hydrogens (tertiary/aromatic N) is 1. The molecule has 6 heteroatoms. The first-order valence-corrected chi connectivity index (χ1v) is 8.82. The summed E-state index contributed by atoms with van der Waals surface area (Å²) in [5.41, 5.74) is 2.31. The number of ether oxygens (including phenoxy) is 2. The maximum Gasteiger partial charge on any atom is 0.222 e. The number of carbonyl (C=O) groups excluding carboxylic acids is 2. The number of benzene rings is 1. The van der Waals surface area contributed by atoms with E-state index in [0.29, 0.717) is 39.3 Å². The van der Waals surface area contributed by atoms with Crippen LogP contribution in [0.15, 0.2) is 24.3 Å². The minimum absolute atomic E-state index is 0.0128. The summed E-state index contributed by atoms with van der Waals surface area (Å²) >= 11 is 0. The number of hydrogen-bond acceptors (Lipinski definition) is 4. The Balaban J connectivity index is 1.84. The lowest BCUT2D eigenvalue weighted by Gasteiger charge is -2.36. The summed E-state index contributed by atoms with van der Waals surface area (Å²) in [4.78, 5) is 26.1. The van der Waals surface area contributed by atoms with Gasteiger partial charge in [-0.15, -0.1) is 0 Å². The fourth-order valence-corrected chi connectivity index (χ4v) is 3.14. The summed E-state index contributed by atoms with van der Waals surface area (Å²) in [7, 11) is 1.64. The topological polar surface area (TPSA) is 67.9 Å². The van der Waals surface area contributed by atoms with Crippen molar-refractivity contribution >= 4 is 11.8 Å². The Kier molecular flexibility index (Phi) is 7.88. The Morgan fingerprint density at radius 2 is 2.04 bits per heavy atom. The minimum atomic E-state index is -0.180. The first-order valence-electron chi connectivity index (χ1n) is 8.82. The minimum Gasteiger partial charge on any atom is -0.382 e. The highest BCUT2D eigenvalue weighted by atomic mass is 16.5. The fraction of sp³-hybridized carbons (Fsp3) is 0.579. The van der Waals surface area contributed by atoms with Gasteiger partial charge in [-0.05, 0) is 24.0 Å². The SMILES string of the molecule is COCCOCCCNC(=O)CC1c2ccccc2CCN1C(C)=O. The molecule has 0 spiro atoms. The lowest BCUT2D eigenvalue weighted by molar-refractivity contribution is -0.133. The smallest absolute Gasteiger partial charge is 0.222 e. The lowest BCUT2D eigenvalue weighted by atomic mass is 9.90. The molecule has 0 aliphatic carbocycles. The molecule has 1 N–H and O–H groups in total. The van der Waals surface area contributed by atoms with Gasteiger partial charge in [0.2, 0.25) is 11.8 Å². The third-order valence-corrected chi connectivity index (χ3v) is 4.41. The van der Waals surface area contributed by atoms with E-state index >= 15 is 0 Å². The molecule has 0 radical (unpaired) electrons. The van der Waals surface area contributed by atoms with Crippen LogP contribution in [0, 0.1) is 0 Å². The van der Waals surface area contributed by atoms with Gasteiger partial charge in [-0.1, -0.05) is 24.3 Å². The molecule has 2 rings (SSSR count). The molecule has 0 bridgehead atoms. The highest BCUT2D eigenvalue weighted by Gasteiger charge is 2.30. The molecule has 1 heterocycles. The van der Waals surface area contributed by atoms with Crippen molar-refractivity contribution < 1.29 is 19.1 Å². The zero-order chi connectivity index (χ0) is 18.1. The molecule has 1 aliphatic heterocycles. The molecule has 138 valence electrons. The van der Waals surface area contributed by atoms with Crippen LogP contribution in [0.1, 0.15) is 36.9 Å². The summed E-state index contributed by atoms with van der Waals surface area (Å²) in [5.74, 6) is -0.0244. The monoisotopic (exact) mass is 348 g/mol. The number of hydrogen-bond donors (Lipinski definition) is 1. The van der Waals surface area contributed by atoms with E-state index in [1.165, 1.54) is 5.56 Å². The van der Waals surface area contributed by atoms with Gasteiger partial charge in [-0.25, -0.2) is 0 Å². The molecule has 25 heavy (non-hydrogen) atoms. The van der Waals surface area contributed by atoms with Crippen molar-refractivity contribution in [2.75, 3.05) is 40.0 Å². The number of methoxy groups -OCH3 is 1. The van der Waals surface area contributed by atoms with Gasteiger partial charge in [-0.3, -0.25) is 9.59 Å². The first-order chi connectivity index (χ1) is 12.1. The highest BCUT2D eigenvalue weighted by Crippen LogP contribution is 2.32. The molecule has 1 unspecified atom stereocenters. The average molecular weight is 348 g/mol. The predicted octanol–water partition coefficient (Wildman–Crippen LogP) is 1.69. The van der Waals surface area contributed by atoms with Gasteiger partial charge in [0.25, 0.3) is 0 Å². The highest BCUT2D eigenvalue weighted by molar-refractivity contribution is 5.79. The molecule has 0 saturated heterocycles. The maximum atomic E-state index is 12.3. The predicted molar refractivity (Wildman–Crippen MR) is 95.2 cm³/mol. The van der Waals surface area contributed by atoms with E-state index in [4.69, 9.17) is 9.47 Å². The van der Waals surface area contributed by atoms with Crippen LogP contribution in [-0.4, -0.2) is 56.7 Å². The molecule has 6 nitrogen and oxygen atoms in total. The van der Waals surface area contributed by atoms with E-state index in [9.17, 15) is 9.59 Å². The Morgan fingerprint density at radius 3 is 2.80 bits per heavy atom. The van der Waals surface area contributed by atoms with Crippen LogP contribution < -0.4 is 5.32 Å². The van der Waals surface area contributed by atoms with Gasteiger partial charge < -0.3 is 19.7 Å². The van der Waals surface area contributed by atoms with E-state index in [1.54, 1.807) is 18.9 Å². The van der Waals surface area contributed by atoms with Crippen molar-refractivity contribution in [2.45, 2.75) is 32.2 Å². The van der Waals surface area contributed by atoms with Crippen molar-refractivity contribution in [3.05, 3.63) is 35.4 Å². The van der Waals surface area contributed by atoms with Crippen LogP contribution in [-0.2, 0) is 25.5 Å². The Hall–Kier alpha value is -1.92. The van der Waals surface area contributed by atoms with Gasteiger partial charge >= 0.3 is 0 Å². The average Bonchev–Trinajstić information content (AvgIpc) is 2.61. The molecule has 1 atom stereocenters. The summed E-state index contributed by atoms with van der Waals surface area (Å²) < 4.78 is 10.3. The van der Waals surface area contributed by atoms with Crippen LogP contribution in [0.3, 0.4) is 0 Å². The number of nitrogens with one attached hydrogen (secondary N) is 1. The van der Waals surface area contributed by atoms with Crippen LogP contribution in [0.5, 0.6) is 0 Å². The van der Waals surface area contributed by atoms with Gasteiger partial charge in [-0.2, -0.15) is 0 Å². The van der Waals surface area contributed by atoms with Crippen molar-refractivity contribution in [3.63, 3.8) is 0 Å². The largest absolute Gasteiger partial charge is 0.382 e. The number of amides is 2. The van der Waals surface area contributed by atoms with Crippen molar-refractivity contribution in [1.29, 1.82) is 0 Å². The second-order valence-corrected chi connectivity index (χ2v) is 6.19. The van der Waals surface area contributed by atoms with Gasteiger partial charge in [0.15, 0.2) is 0 Å². The molecule has 0 saturated carbocycles. The maximum absolute atomic E-state index is 12.3. The lowest BCUT2D eigenvalue weighted by Crippen LogP contribution is -2.41. The Labute approximate surface area is 149 Å². The van der Waals surface area contributed by atoms with Crippen molar-refractivity contribution in [3.8, 4) is 0 Å². The van der Waals surface area contributed by atoms with E-state index in [2.05, 4.69) is 11.4 Å². The summed E-state index contributed by atoms with van der Waals surface area (Å²) in [6, 6.07) is 7.88. The summed E-state index contributed by atoms with van der Waals surface area (Å²) in [6.07, 6.45) is 1.89. The molecule has 0 fully saturated rings. The molecular weight excluding hydrogens is 320 g/mol. The first kappa shape index (κ1) is 19.4. The molecule has 1 aromatic carbocycles. The number of carbonyl (C=O) groups is 2. The number of fused-ring (bicyclic) bond motifs is 1. The van der Waals surface area contributed by atoms with Gasteiger partial charge in [0.1, 0.15) is 0 Å². The quantitative estimate of drug-likeness (QED) is 0.690. The van der Waals surface area contributed by atoms with E-state index in [0.717, 1.165) is 18.4 Å². The van der Waals surface area contributed by atoms with E-state index in [-0.39, 0.29) is 17.9 Å². The fourth-order valence-electron chi connectivity index (χ4n) is 3.14. The zero-order valence-corrected chi connectivity index (χ0v) is 15.1. The van der Waals surface area contributed by atoms with Crippen LogP contribution >= 0.6 is 0 Å². The molecule has 1 aliphatic rings. The third kappa shape index (κ3) is 5.83. The van der Waals surface area contributed by atoms with Crippen LogP contribution in [0.4, 0.5) is 0 Å². The second kappa shape index (κ2) is 10.2. The molecule has 0 aromatic heterocycles. The molecule has 1 aromatic rings. The van der Waals surface area contributed by atoms with Gasteiger partial charge in [0.05, 0.1) is 25.7 Å². The number of rotatable bonds is 9. The van der Waals surface area contributed by atoms with Gasteiger partial charge in [0, 0.05) is 33.7 Å². The Bertz CT molecular complexity index is 576. The Morgan fingerprint density at radius 1 is 1.24 bits per heavy atom. The second-order valence-electron chi connectivity index (χ2n) is 6.19. The summed E-state index contributed by atoms with van der Waals surface area (Å²) in [6.45, 7) is 4.54. The van der Waals surface area contributed by atoms with Crippen LogP contribution in [0.2, 0.25) is 0 Å². The van der Waals surface area contributed by atoms with E-state index < -0.39 is 0 Å². The third-order valence-electron chi connectivity index (χ3n) is 4.41. The zero-order valence-electron chi connectivity index (χ0n) is 15.1. The van der Waals surface area contributed by atoms with Crippen molar-refractivity contribution in [2.24, 2.45) is 0 Å². The summed E-state index contributed by atoms with van der Waals surface area (Å²) in [5, 5.41) is 2.92.